The van der Waals surface area contributed by atoms with Crippen LogP contribution >= 0.6 is 0 Å². The number of para-hydroxylation sites is 1. The highest BCUT2D eigenvalue weighted by molar-refractivity contribution is 7.85. The third-order valence-electron chi connectivity index (χ3n) is 3.67. The molecule has 0 aliphatic carbocycles. The van der Waals surface area contributed by atoms with Crippen molar-refractivity contribution in [2.24, 2.45) is 0 Å². The van der Waals surface area contributed by atoms with E-state index in [1.165, 1.54) is 5.56 Å². The zero-order valence-electron chi connectivity index (χ0n) is 14.6. The molecule has 0 aliphatic heterocycles. The Morgan fingerprint density at radius 2 is 1.64 bits per heavy atom. The molecule has 0 aromatic heterocycles. The lowest BCUT2D eigenvalue weighted by molar-refractivity contribution is 0.299. The molecular weight excluding hydrogens is 340 g/mol. The lowest BCUT2D eigenvalue weighted by Crippen LogP contribution is -2.08. The van der Waals surface area contributed by atoms with Crippen LogP contribution in [0.1, 0.15) is 17.5 Å². The van der Waals surface area contributed by atoms with E-state index in [9.17, 15) is 8.42 Å². The fraction of sp³-hybridized carbons (Fsp3) is 0.368. The zero-order valence-corrected chi connectivity index (χ0v) is 15.4. The number of aryl methyl sites for hydroxylation is 1. The molecule has 0 heterocycles. The van der Waals surface area contributed by atoms with Crippen molar-refractivity contribution in [2.45, 2.75) is 19.3 Å². The fourth-order valence-electron chi connectivity index (χ4n) is 2.40. The minimum Gasteiger partial charge on any atom is -0.497 e. The number of benzene rings is 2. The summed E-state index contributed by atoms with van der Waals surface area (Å²) in [6.07, 6.45) is 3.35. The predicted octanol–water partition coefficient (Wildman–Crippen LogP) is 3.23. The maximum Gasteiger partial charge on any atom is 0.264 e. The van der Waals surface area contributed by atoms with E-state index in [0.717, 1.165) is 36.2 Å². The molecule has 0 amide bonds. The molecule has 0 aliphatic rings. The second-order valence-electron chi connectivity index (χ2n) is 5.68. The standard InChI is InChI=1S/C19H24O5S/c1-22-18-11-9-16(10-12-18)6-5-14-23-19-8-4-3-7-17(19)13-15-24-25(2,20)21/h3-4,7-12H,5-6,13-15H2,1-2H3. The molecule has 0 bridgehead atoms. The molecule has 2 aromatic carbocycles. The van der Waals surface area contributed by atoms with Crippen LogP contribution in [0.5, 0.6) is 11.5 Å². The third-order valence-corrected chi connectivity index (χ3v) is 4.26. The Balaban J connectivity index is 1.79. The fourth-order valence-corrected chi connectivity index (χ4v) is 2.79. The van der Waals surface area contributed by atoms with Crippen LogP contribution in [0.4, 0.5) is 0 Å². The van der Waals surface area contributed by atoms with E-state index >= 15 is 0 Å². The highest BCUT2D eigenvalue weighted by atomic mass is 32.2. The molecule has 0 saturated heterocycles. The first-order chi connectivity index (χ1) is 12.0. The van der Waals surface area contributed by atoms with E-state index in [0.29, 0.717) is 13.0 Å². The van der Waals surface area contributed by atoms with Crippen LogP contribution in [-0.2, 0) is 27.1 Å². The van der Waals surface area contributed by atoms with Gasteiger partial charge in [-0.25, -0.2) is 0 Å². The Labute approximate surface area is 149 Å². The van der Waals surface area contributed by atoms with Gasteiger partial charge in [-0.2, -0.15) is 8.42 Å². The van der Waals surface area contributed by atoms with Gasteiger partial charge in [-0.05, 0) is 42.2 Å². The molecular formula is C19H24O5S. The third kappa shape index (κ3) is 7.15. The summed E-state index contributed by atoms with van der Waals surface area (Å²) in [4.78, 5) is 0. The lowest BCUT2D eigenvalue weighted by Gasteiger charge is -2.11. The Kier molecular flexibility index (Phi) is 7.28. The van der Waals surface area contributed by atoms with Gasteiger partial charge in [-0.3, -0.25) is 4.18 Å². The van der Waals surface area contributed by atoms with Gasteiger partial charge in [0.05, 0.1) is 26.6 Å². The van der Waals surface area contributed by atoms with Crippen LogP contribution in [0.15, 0.2) is 48.5 Å². The van der Waals surface area contributed by atoms with Crippen LogP contribution in [0.3, 0.4) is 0 Å². The lowest BCUT2D eigenvalue weighted by atomic mass is 10.1. The van der Waals surface area contributed by atoms with Gasteiger partial charge < -0.3 is 9.47 Å². The molecule has 0 unspecified atom stereocenters. The van der Waals surface area contributed by atoms with E-state index < -0.39 is 10.1 Å². The van der Waals surface area contributed by atoms with E-state index in [4.69, 9.17) is 13.7 Å². The normalized spacial score (nSPS) is 11.3. The molecule has 0 spiro atoms. The first kappa shape index (κ1) is 19.3. The molecule has 25 heavy (non-hydrogen) atoms. The monoisotopic (exact) mass is 364 g/mol. The van der Waals surface area contributed by atoms with Gasteiger partial charge >= 0.3 is 0 Å². The predicted molar refractivity (Wildman–Crippen MR) is 97.8 cm³/mol. The molecule has 5 nitrogen and oxygen atoms in total. The van der Waals surface area contributed by atoms with Crippen molar-refractivity contribution < 1.29 is 22.1 Å². The van der Waals surface area contributed by atoms with Crippen molar-refractivity contribution in [1.29, 1.82) is 0 Å². The van der Waals surface area contributed by atoms with Crippen LogP contribution in [0.2, 0.25) is 0 Å². The molecule has 0 N–H and O–H groups in total. The second-order valence-corrected chi connectivity index (χ2v) is 7.33. The van der Waals surface area contributed by atoms with Crippen molar-refractivity contribution in [3.05, 3.63) is 59.7 Å². The van der Waals surface area contributed by atoms with E-state index in [1.807, 2.05) is 36.4 Å². The number of rotatable bonds is 10. The topological polar surface area (TPSA) is 61.8 Å². The van der Waals surface area contributed by atoms with Crippen molar-refractivity contribution in [3.8, 4) is 11.5 Å². The minimum absolute atomic E-state index is 0.116. The number of methoxy groups -OCH3 is 1. The smallest absolute Gasteiger partial charge is 0.264 e. The molecule has 2 aromatic rings. The summed E-state index contributed by atoms with van der Waals surface area (Å²) in [5, 5.41) is 0. The van der Waals surface area contributed by atoms with Crippen molar-refractivity contribution in [3.63, 3.8) is 0 Å². The maximum absolute atomic E-state index is 11.0. The Bertz CT molecular complexity index is 754. The van der Waals surface area contributed by atoms with E-state index in [-0.39, 0.29) is 6.61 Å². The van der Waals surface area contributed by atoms with Gasteiger partial charge in [0.2, 0.25) is 0 Å². The van der Waals surface area contributed by atoms with E-state index in [2.05, 4.69) is 12.1 Å². The largest absolute Gasteiger partial charge is 0.497 e. The molecule has 2 rings (SSSR count). The van der Waals surface area contributed by atoms with Gasteiger partial charge in [-0.15, -0.1) is 0 Å². The molecule has 0 atom stereocenters. The highest BCUT2D eigenvalue weighted by Crippen LogP contribution is 2.19. The highest BCUT2D eigenvalue weighted by Gasteiger charge is 2.06. The quantitative estimate of drug-likeness (QED) is 0.478. The SMILES string of the molecule is COc1ccc(CCCOc2ccccc2CCOS(C)(=O)=O)cc1. The maximum atomic E-state index is 11.0. The zero-order chi connectivity index (χ0) is 18.1. The van der Waals surface area contributed by atoms with Crippen molar-refractivity contribution in [1.82, 2.24) is 0 Å². The molecule has 6 heteroatoms. The molecule has 136 valence electrons. The molecule has 0 radical (unpaired) electrons. The van der Waals surface area contributed by atoms with Crippen LogP contribution in [0, 0.1) is 0 Å². The van der Waals surface area contributed by atoms with Gasteiger partial charge in [0, 0.05) is 6.42 Å². The Hall–Kier alpha value is -2.05. The number of hydrogen-bond donors (Lipinski definition) is 0. The van der Waals surface area contributed by atoms with Gasteiger partial charge in [0.25, 0.3) is 10.1 Å². The molecule has 0 saturated carbocycles. The average molecular weight is 364 g/mol. The van der Waals surface area contributed by atoms with Gasteiger partial charge in [-0.1, -0.05) is 30.3 Å². The second kappa shape index (κ2) is 9.44. The van der Waals surface area contributed by atoms with Gasteiger partial charge in [0.15, 0.2) is 0 Å². The number of hydrogen-bond acceptors (Lipinski definition) is 5. The summed E-state index contributed by atoms with van der Waals surface area (Å²) in [6, 6.07) is 15.6. The van der Waals surface area contributed by atoms with Crippen LogP contribution < -0.4 is 9.47 Å². The molecule has 0 fully saturated rings. The summed E-state index contributed by atoms with van der Waals surface area (Å²) >= 11 is 0. The summed E-state index contributed by atoms with van der Waals surface area (Å²) in [6.45, 7) is 0.709. The first-order valence-corrected chi connectivity index (χ1v) is 9.97. The van der Waals surface area contributed by atoms with Crippen molar-refractivity contribution >= 4 is 10.1 Å². The first-order valence-electron chi connectivity index (χ1n) is 8.16. The summed E-state index contributed by atoms with van der Waals surface area (Å²) in [5.41, 5.74) is 2.18. The number of ether oxygens (including phenoxy) is 2. The summed E-state index contributed by atoms with van der Waals surface area (Å²) in [7, 11) is -1.76. The minimum atomic E-state index is -3.41. The van der Waals surface area contributed by atoms with E-state index in [1.54, 1.807) is 7.11 Å². The Morgan fingerprint density at radius 1 is 0.920 bits per heavy atom. The summed E-state index contributed by atoms with van der Waals surface area (Å²) in [5.74, 6) is 1.62. The summed E-state index contributed by atoms with van der Waals surface area (Å²) < 4.78 is 37.9. The van der Waals surface area contributed by atoms with Crippen LogP contribution in [0.25, 0.3) is 0 Å². The van der Waals surface area contributed by atoms with Gasteiger partial charge in [0.1, 0.15) is 11.5 Å². The van der Waals surface area contributed by atoms with Crippen LogP contribution in [-0.4, -0.2) is 35.0 Å². The van der Waals surface area contributed by atoms with Crippen molar-refractivity contribution in [2.75, 3.05) is 26.6 Å². The Morgan fingerprint density at radius 3 is 2.32 bits per heavy atom. The average Bonchev–Trinajstić information content (AvgIpc) is 2.59.